The maximum Gasteiger partial charge on any atom is 0.346 e. The molecule has 0 aliphatic rings. The van der Waals surface area contributed by atoms with E-state index in [1.54, 1.807) is 17.7 Å². The summed E-state index contributed by atoms with van der Waals surface area (Å²) < 4.78 is 1.63. The van der Waals surface area contributed by atoms with Crippen molar-refractivity contribution in [2.45, 2.75) is 0 Å². The lowest BCUT2D eigenvalue weighted by Crippen LogP contribution is -1.98. The summed E-state index contributed by atoms with van der Waals surface area (Å²) in [5.41, 5.74) is 0.280. The first-order valence-electron chi connectivity index (χ1n) is 3.46. The minimum atomic E-state index is -1.23. The molecule has 1 aromatic rings. The molecule has 1 rings (SSSR count). The van der Waals surface area contributed by atoms with Gasteiger partial charge in [-0.3, -0.25) is 0 Å². The van der Waals surface area contributed by atoms with E-state index >= 15 is 0 Å². The lowest BCUT2D eigenvalue weighted by atomic mass is 10.2. The number of carboxylic acids is 1. The minimum absolute atomic E-state index is 0.302. The zero-order chi connectivity index (χ0) is 9.84. The number of imidazole rings is 1. The molecule has 5 heteroatoms. The number of nitriles is 1. The van der Waals surface area contributed by atoms with Crippen LogP contribution in [0.3, 0.4) is 0 Å². The minimum Gasteiger partial charge on any atom is -0.477 e. The summed E-state index contributed by atoms with van der Waals surface area (Å²) in [7, 11) is 1.72. The van der Waals surface area contributed by atoms with Gasteiger partial charge in [0.15, 0.2) is 0 Å². The van der Waals surface area contributed by atoms with Crippen molar-refractivity contribution in [3.63, 3.8) is 0 Å². The van der Waals surface area contributed by atoms with Gasteiger partial charge < -0.3 is 9.67 Å². The molecule has 1 aromatic heterocycles. The molecule has 0 unspecified atom stereocenters. The summed E-state index contributed by atoms with van der Waals surface area (Å²) in [6.07, 6.45) is 4.29. The van der Waals surface area contributed by atoms with Crippen LogP contribution in [0.4, 0.5) is 0 Å². The van der Waals surface area contributed by atoms with Gasteiger partial charge in [0.25, 0.3) is 0 Å². The van der Waals surface area contributed by atoms with Crippen LogP contribution in [0.2, 0.25) is 0 Å². The summed E-state index contributed by atoms with van der Waals surface area (Å²) in [5.74, 6) is -1.23. The number of hydrogen-bond acceptors (Lipinski definition) is 3. The first-order valence-corrected chi connectivity index (χ1v) is 3.46. The van der Waals surface area contributed by atoms with Crippen molar-refractivity contribution in [3.8, 4) is 6.07 Å². The highest BCUT2D eigenvalue weighted by Crippen LogP contribution is 2.04. The van der Waals surface area contributed by atoms with E-state index in [9.17, 15) is 4.79 Å². The van der Waals surface area contributed by atoms with E-state index in [1.165, 1.54) is 18.6 Å². The number of aliphatic carboxylic acids is 1. The Morgan fingerprint density at radius 3 is 2.92 bits per heavy atom. The van der Waals surface area contributed by atoms with Crippen molar-refractivity contribution in [2.24, 2.45) is 7.05 Å². The molecule has 0 aromatic carbocycles. The highest BCUT2D eigenvalue weighted by molar-refractivity contribution is 5.96. The number of carbonyl (C=O) groups is 1. The van der Waals surface area contributed by atoms with Crippen molar-refractivity contribution in [2.75, 3.05) is 0 Å². The Morgan fingerprint density at radius 2 is 2.54 bits per heavy atom. The quantitative estimate of drug-likeness (QED) is 0.524. The van der Waals surface area contributed by atoms with Crippen molar-refractivity contribution >= 4 is 12.0 Å². The average Bonchev–Trinajstić information content (AvgIpc) is 2.46. The average molecular weight is 177 g/mol. The van der Waals surface area contributed by atoms with Crippen LogP contribution in [0.5, 0.6) is 0 Å². The molecule has 0 spiro atoms. The molecule has 5 nitrogen and oxygen atoms in total. The number of rotatable bonds is 2. The van der Waals surface area contributed by atoms with Gasteiger partial charge in [-0.2, -0.15) is 5.26 Å². The Hall–Kier alpha value is -2.09. The largest absolute Gasteiger partial charge is 0.477 e. The Labute approximate surface area is 74.6 Å². The number of hydrogen-bond donors (Lipinski definition) is 1. The molecule has 0 saturated heterocycles. The second kappa shape index (κ2) is 3.54. The lowest BCUT2D eigenvalue weighted by Gasteiger charge is -1.94. The van der Waals surface area contributed by atoms with Crippen molar-refractivity contribution < 1.29 is 9.90 Å². The van der Waals surface area contributed by atoms with Crippen LogP contribution in [0.25, 0.3) is 6.08 Å². The van der Waals surface area contributed by atoms with E-state index in [0.717, 1.165) is 0 Å². The van der Waals surface area contributed by atoms with Crippen LogP contribution in [0.15, 0.2) is 18.1 Å². The molecule has 66 valence electrons. The second-order valence-corrected chi connectivity index (χ2v) is 2.40. The topological polar surface area (TPSA) is 78.9 Å². The van der Waals surface area contributed by atoms with Gasteiger partial charge in [0.2, 0.25) is 0 Å². The fourth-order valence-electron chi connectivity index (χ4n) is 0.796. The van der Waals surface area contributed by atoms with E-state index in [1.807, 2.05) is 0 Å². The molecule has 0 saturated carbocycles. The molecule has 0 bridgehead atoms. The van der Waals surface area contributed by atoms with Crippen molar-refractivity contribution in [1.29, 1.82) is 5.26 Å². The van der Waals surface area contributed by atoms with Crippen LogP contribution in [0.1, 0.15) is 5.69 Å². The molecule has 0 fully saturated rings. The third-order valence-electron chi connectivity index (χ3n) is 1.50. The third-order valence-corrected chi connectivity index (χ3v) is 1.50. The monoisotopic (exact) mass is 177 g/mol. The number of carboxylic acid groups (broad SMARTS) is 1. The first-order chi connectivity index (χ1) is 6.15. The normalized spacial score (nSPS) is 10.9. The van der Waals surface area contributed by atoms with Gasteiger partial charge in [-0.15, -0.1) is 0 Å². The van der Waals surface area contributed by atoms with E-state index in [4.69, 9.17) is 10.4 Å². The lowest BCUT2D eigenvalue weighted by molar-refractivity contribution is -0.132. The van der Waals surface area contributed by atoms with E-state index in [-0.39, 0.29) is 5.57 Å². The number of aromatic nitrogens is 2. The Morgan fingerprint density at radius 1 is 1.85 bits per heavy atom. The van der Waals surface area contributed by atoms with E-state index < -0.39 is 5.97 Å². The van der Waals surface area contributed by atoms with Gasteiger partial charge in [-0.25, -0.2) is 9.78 Å². The second-order valence-electron chi connectivity index (χ2n) is 2.40. The maximum absolute atomic E-state index is 10.4. The number of nitrogens with zero attached hydrogens (tertiary/aromatic N) is 3. The molecule has 0 radical (unpaired) electrons. The highest BCUT2D eigenvalue weighted by atomic mass is 16.4. The molecule has 0 aliphatic heterocycles. The molecule has 0 aliphatic carbocycles. The summed E-state index contributed by atoms with van der Waals surface area (Å²) in [6, 6.07) is 1.59. The van der Waals surface area contributed by atoms with Crippen LogP contribution >= 0.6 is 0 Å². The molecule has 0 amide bonds. The predicted molar refractivity (Wildman–Crippen MR) is 44.4 cm³/mol. The fourth-order valence-corrected chi connectivity index (χ4v) is 0.796. The Balaban J connectivity index is 3.07. The van der Waals surface area contributed by atoms with Crippen molar-refractivity contribution in [1.82, 2.24) is 9.55 Å². The molecule has 1 N–H and O–H groups in total. The summed E-state index contributed by atoms with van der Waals surface area (Å²) in [5, 5.41) is 17.0. The summed E-state index contributed by atoms with van der Waals surface area (Å²) >= 11 is 0. The van der Waals surface area contributed by atoms with Gasteiger partial charge in [0, 0.05) is 7.05 Å². The molecule has 0 atom stereocenters. The smallest absolute Gasteiger partial charge is 0.346 e. The molecule has 1 heterocycles. The Kier molecular flexibility index (Phi) is 2.45. The van der Waals surface area contributed by atoms with Crippen LogP contribution in [-0.2, 0) is 11.8 Å². The standard InChI is InChI=1S/C8H7N3O2/c1-11-5-10-4-7(11)2-6(3-9)8(12)13/h2,4-5H,1H3,(H,12,13). The van der Waals surface area contributed by atoms with Crippen molar-refractivity contribution in [3.05, 3.63) is 23.8 Å². The zero-order valence-corrected chi connectivity index (χ0v) is 6.93. The van der Waals surface area contributed by atoms with Crippen LogP contribution in [-0.4, -0.2) is 20.6 Å². The SMILES string of the molecule is Cn1cncc1C=C(C#N)C(=O)O. The fraction of sp³-hybridized carbons (Fsp3) is 0.125. The van der Waals surface area contributed by atoms with Gasteiger partial charge >= 0.3 is 5.97 Å². The highest BCUT2D eigenvalue weighted by Gasteiger charge is 2.06. The van der Waals surface area contributed by atoms with Gasteiger partial charge in [-0.1, -0.05) is 0 Å². The van der Waals surface area contributed by atoms with Gasteiger partial charge in [-0.05, 0) is 6.08 Å². The molecular formula is C8H7N3O2. The Bertz CT molecular complexity index is 398. The van der Waals surface area contributed by atoms with Gasteiger partial charge in [0.1, 0.15) is 11.6 Å². The predicted octanol–water partition coefficient (Wildman–Crippen LogP) is 0.412. The van der Waals surface area contributed by atoms with Crippen LogP contribution < -0.4 is 0 Å². The van der Waals surface area contributed by atoms with Gasteiger partial charge in [0.05, 0.1) is 18.2 Å². The third kappa shape index (κ3) is 1.93. The zero-order valence-electron chi connectivity index (χ0n) is 6.93. The molecule has 13 heavy (non-hydrogen) atoms. The summed E-state index contributed by atoms with van der Waals surface area (Å²) in [6.45, 7) is 0. The molecular weight excluding hydrogens is 170 g/mol. The summed E-state index contributed by atoms with van der Waals surface area (Å²) in [4.78, 5) is 14.2. The first kappa shape index (κ1) is 9.00. The van der Waals surface area contributed by atoms with E-state index in [0.29, 0.717) is 5.69 Å². The maximum atomic E-state index is 10.4. The van der Waals surface area contributed by atoms with E-state index in [2.05, 4.69) is 4.98 Å². The van der Waals surface area contributed by atoms with Crippen LogP contribution in [0, 0.1) is 11.3 Å². The number of aryl methyl sites for hydroxylation is 1.